The van der Waals surface area contributed by atoms with Gasteiger partial charge in [0.15, 0.2) is 5.13 Å². The number of hydrogen-bond donors (Lipinski definition) is 1. The average Bonchev–Trinajstić information content (AvgIpc) is 2.65. The molecule has 0 aliphatic rings. The van der Waals surface area contributed by atoms with Gasteiger partial charge in [-0.05, 0) is 23.8 Å². The van der Waals surface area contributed by atoms with E-state index >= 15 is 0 Å². The third kappa shape index (κ3) is 3.50. The maximum atomic E-state index is 6.25. The van der Waals surface area contributed by atoms with Gasteiger partial charge in [-0.3, -0.25) is 0 Å². The molecule has 2 nitrogen and oxygen atoms in total. The monoisotopic (exact) mass is 358 g/mol. The molecule has 5 heteroatoms. The number of aromatic nitrogens is 1. The summed E-state index contributed by atoms with van der Waals surface area (Å²) in [4.78, 5) is 5.66. The van der Waals surface area contributed by atoms with Crippen molar-refractivity contribution in [3.63, 3.8) is 0 Å². The van der Waals surface area contributed by atoms with E-state index in [4.69, 9.17) is 17.3 Å². The fraction of sp³-hybridized carbons (Fsp3) is 0.357. The van der Waals surface area contributed by atoms with Gasteiger partial charge >= 0.3 is 0 Å². The second kappa shape index (κ2) is 5.43. The molecule has 2 aromatic rings. The van der Waals surface area contributed by atoms with Gasteiger partial charge in [-0.1, -0.05) is 48.3 Å². The molecule has 0 aliphatic carbocycles. The van der Waals surface area contributed by atoms with Gasteiger partial charge in [0.25, 0.3) is 0 Å². The second-order valence-electron chi connectivity index (χ2n) is 5.49. The first-order chi connectivity index (χ1) is 8.77. The van der Waals surface area contributed by atoms with Crippen molar-refractivity contribution in [3.8, 4) is 0 Å². The highest BCUT2D eigenvalue weighted by Crippen LogP contribution is 2.34. The van der Waals surface area contributed by atoms with Crippen LogP contribution in [0.5, 0.6) is 0 Å². The molecule has 2 rings (SSSR count). The van der Waals surface area contributed by atoms with Crippen molar-refractivity contribution >= 4 is 44.0 Å². The van der Waals surface area contributed by atoms with Crippen molar-refractivity contribution in [2.75, 3.05) is 5.73 Å². The van der Waals surface area contributed by atoms with Crippen molar-refractivity contribution in [2.24, 2.45) is 0 Å². The van der Waals surface area contributed by atoms with E-state index in [2.05, 4.69) is 41.7 Å². The quantitative estimate of drug-likeness (QED) is 0.816. The molecule has 1 aromatic carbocycles. The van der Waals surface area contributed by atoms with E-state index in [1.165, 1.54) is 4.88 Å². The zero-order chi connectivity index (χ0) is 14.2. The largest absolute Gasteiger partial charge is 0.375 e. The summed E-state index contributed by atoms with van der Waals surface area (Å²) in [6.45, 7) is 6.44. The highest BCUT2D eigenvalue weighted by molar-refractivity contribution is 9.10. The van der Waals surface area contributed by atoms with E-state index in [9.17, 15) is 0 Å². The number of rotatable bonds is 2. The van der Waals surface area contributed by atoms with Crippen LogP contribution >= 0.6 is 38.9 Å². The summed E-state index contributed by atoms with van der Waals surface area (Å²) in [5.74, 6) is 0. The molecule has 1 aromatic heterocycles. The topological polar surface area (TPSA) is 38.9 Å². The van der Waals surface area contributed by atoms with Crippen LogP contribution in [0.4, 0.5) is 5.13 Å². The van der Waals surface area contributed by atoms with Crippen LogP contribution in [0.25, 0.3) is 0 Å². The first-order valence-electron chi connectivity index (χ1n) is 5.97. The van der Waals surface area contributed by atoms with Crippen LogP contribution in [-0.4, -0.2) is 4.98 Å². The zero-order valence-electron chi connectivity index (χ0n) is 11.1. The van der Waals surface area contributed by atoms with E-state index in [0.717, 1.165) is 27.2 Å². The summed E-state index contributed by atoms with van der Waals surface area (Å²) in [6, 6.07) is 5.89. The van der Waals surface area contributed by atoms with Gasteiger partial charge in [0.05, 0.1) is 5.69 Å². The lowest BCUT2D eigenvalue weighted by atomic mass is 9.90. The van der Waals surface area contributed by atoms with Gasteiger partial charge in [0, 0.05) is 26.2 Å². The Labute approximate surface area is 131 Å². The van der Waals surface area contributed by atoms with E-state index in [-0.39, 0.29) is 5.41 Å². The van der Waals surface area contributed by atoms with Crippen LogP contribution in [-0.2, 0) is 11.8 Å². The molecule has 0 fully saturated rings. The number of nitrogen functional groups attached to an aromatic ring is 1. The molecule has 102 valence electrons. The van der Waals surface area contributed by atoms with E-state index in [0.29, 0.717) is 5.13 Å². The Kier molecular flexibility index (Phi) is 4.23. The van der Waals surface area contributed by atoms with Gasteiger partial charge in [0.2, 0.25) is 0 Å². The normalized spacial score (nSPS) is 11.8. The van der Waals surface area contributed by atoms with Crippen LogP contribution in [0.3, 0.4) is 0 Å². The summed E-state index contributed by atoms with van der Waals surface area (Å²) in [5.41, 5.74) is 8.00. The van der Waals surface area contributed by atoms with Gasteiger partial charge in [-0.15, -0.1) is 11.3 Å². The van der Waals surface area contributed by atoms with E-state index in [1.807, 2.05) is 18.2 Å². The lowest BCUT2D eigenvalue weighted by Crippen LogP contribution is -2.14. The van der Waals surface area contributed by atoms with Crippen LogP contribution in [0.2, 0.25) is 5.02 Å². The Morgan fingerprint density at radius 1 is 1.37 bits per heavy atom. The van der Waals surface area contributed by atoms with Crippen LogP contribution < -0.4 is 5.73 Å². The smallest absolute Gasteiger partial charge is 0.180 e. The van der Waals surface area contributed by atoms with Crippen molar-refractivity contribution in [2.45, 2.75) is 32.6 Å². The number of hydrogen-bond acceptors (Lipinski definition) is 3. The fourth-order valence-corrected chi connectivity index (χ4v) is 3.59. The van der Waals surface area contributed by atoms with Crippen molar-refractivity contribution in [1.29, 1.82) is 0 Å². The van der Waals surface area contributed by atoms with Crippen molar-refractivity contribution < 1.29 is 0 Å². The molecule has 0 saturated heterocycles. The Balaban J connectivity index is 2.41. The first kappa shape index (κ1) is 14.8. The minimum absolute atomic E-state index is 0.0120. The number of halogens is 2. The minimum Gasteiger partial charge on any atom is -0.375 e. The molecule has 0 unspecified atom stereocenters. The van der Waals surface area contributed by atoms with Crippen molar-refractivity contribution in [1.82, 2.24) is 4.98 Å². The van der Waals surface area contributed by atoms with Gasteiger partial charge in [-0.25, -0.2) is 4.98 Å². The fourth-order valence-electron chi connectivity index (χ4n) is 1.93. The molecular weight excluding hydrogens is 344 g/mol. The lowest BCUT2D eigenvalue weighted by Gasteiger charge is -2.17. The predicted octanol–water partition coefficient (Wildman–Crippen LogP) is 5.03. The summed E-state index contributed by atoms with van der Waals surface area (Å²) in [6.07, 6.45) is 0.764. The Hall–Kier alpha value is -0.580. The van der Waals surface area contributed by atoms with E-state index < -0.39 is 0 Å². The standard InChI is InChI=1S/C14H16BrClN2S/c1-14(2,3)12-11(19-13(17)18-12)7-8-6-9(15)4-5-10(8)16/h4-6H,7H2,1-3H3,(H2,17,18). The number of benzene rings is 1. The second-order valence-corrected chi connectivity index (χ2v) is 7.92. The van der Waals surface area contributed by atoms with Crippen LogP contribution in [0, 0.1) is 0 Å². The molecule has 0 atom stereocenters. The molecule has 0 aliphatic heterocycles. The summed E-state index contributed by atoms with van der Waals surface area (Å²) < 4.78 is 1.03. The van der Waals surface area contributed by atoms with Gasteiger partial charge in [-0.2, -0.15) is 0 Å². The molecule has 1 heterocycles. The highest BCUT2D eigenvalue weighted by Gasteiger charge is 2.23. The van der Waals surface area contributed by atoms with Crippen LogP contribution in [0.15, 0.2) is 22.7 Å². The zero-order valence-corrected chi connectivity index (χ0v) is 14.3. The van der Waals surface area contributed by atoms with E-state index in [1.54, 1.807) is 11.3 Å². The van der Waals surface area contributed by atoms with Crippen LogP contribution in [0.1, 0.15) is 36.9 Å². The molecule has 19 heavy (non-hydrogen) atoms. The Morgan fingerprint density at radius 3 is 2.68 bits per heavy atom. The van der Waals surface area contributed by atoms with Crippen molar-refractivity contribution in [3.05, 3.63) is 43.8 Å². The molecule has 2 N–H and O–H groups in total. The number of nitrogens with zero attached hydrogens (tertiary/aromatic N) is 1. The highest BCUT2D eigenvalue weighted by atomic mass is 79.9. The molecule has 0 amide bonds. The first-order valence-corrected chi connectivity index (χ1v) is 7.95. The lowest BCUT2D eigenvalue weighted by molar-refractivity contribution is 0.568. The Morgan fingerprint density at radius 2 is 2.05 bits per heavy atom. The molecule has 0 radical (unpaired) electrons. The third-order valence-corrected chi connectivity index (χ3v) is 4.53. The maximum Gasteiger partial charge on any atom is 0.180 e. The summed E-state index contributed by atoms with van der Waals surface area (Å²) >= 11 is 11.3. The molecular formula is C14H16BrClN2S. The summed E-state index contributed by atoms with van der Waals surface area (Å²) in [5, 5.41) is 1.39. The predicted molar refractivity (Wildman–Crippen MR) is 87.2 cm³/mol. The number of nitrogens with two attached hydrogens (primary N) is 1. The SMILES string of the molecule is CC(C)(C)c1nc(N)sc1Cc1cc(Br)ccc1Cl. The number of anilines is 1. The van der Waals surface area contributed by atoms with Gasteiger partial charge in [0.1, 0.15) is 0 Å². The average molecular weight is 360 g/mol. The van der Waals surface area contributed by atoms with Gasteiger partial charge < -0.3 is 5.73 Å². The summed E-state index contributed by atoms with van der Waals surface area (Å²) in [7, 11) is 0. The number of thiazole rings is 1. The minimum atomic E-state index is -0.0120. The molecule has 0 spiro atoms. The maximum absolute atomic E-state index is 6.25. The third-order valence-electron chi connectivity index (χ3n) is 2.78. The molecule has 0 bridgehead atoms. The molecule has 0 saturated carbocycles. The Bertz CT molecular complexity index is 602.